The predicted molar refractivity (Wildman–Crippen MR) is 122 cm³/mol. The van der Waals surface area contributed by atoms with Gasteiger partial charge >= 0.3 is 12.1 Å². The molecule has 1 fully saturated rings. The Hall–Kier alpha value is -3.40. The molecule has 2 aromatic rings. The highest BCUT2D eigenvalue weighted by atomic mass is 19.4. The van der Waals surface area contributed by atoms with Crippen LogP contribution in [0.1, 0.15) is 58.9 Å². The van der Waals surface area contributed by atoms with Crippen LogP contribution in [0, 0.1) is 0 Å². The molecule has 1 saturated heterocycles. The minimum absolute atomic E-state index is 0.0973. The SMILES string of the molecule is CC(C)c1ccc(NC(=O)c2ccc(C(=O)NC3CCCNC3)cc2)cc1.O=C(O)C(F)(F)F. The van der Waals surface area contributed by atoms with E-state index in [2.05, 4.69) is 29.8 Å². The van der Waals surface area contributed by atoms with Gasteiger partial charge < -0.3 is 21.1 Å². The number of piperidine rings is 1. The lowest BCUT2D eigenvalue weighted by Crippen LogP contribution is -2.45. The second-order valence-electron chi connectivity index (χ2n) is 8.13. The van der Waals surface area contributed by atoms with E-state index in [0.717, 1.165) is 31.6 Å². The van der Waals surface area contributed by atoms with E-state index in [1.807, 2.05) is 24.3 Å². The number of rotatable bonds is 5. The van der Waals surface area contributed by atoms with Crippen molar-refractivity contribution in [3.8, 4) is 0 Å². The van der Waals surface area contributed by atoms with E-state index in [-0.39, 0.29) is 17.9 Å². The van der Waals surface area contributed by atoms with Gasteiger partial charge in [0.25, 0.3) is 11.8 Å². The topological polar surface area (TPSA) is 108 Å². The maximum Gasteiger partial charge on any atom is 0.490 e. The lowest BCUT2D eigenvalue weighted by Gasteiger charge is -2.23. The third-order valence-electron chi connectivity index (χ3n) is 5.12. The first-order valence-electron chi connectivity index (χ1n) is 10.8. The third kappa shape index (κ3) is 8.51. The quantitative estimate of drug-likeness (QED) is 0.515. The van der Waals surface area contributed by atoms with Crippen LogP contribution in [0.25, 0.3) is 0 Å². The molecule has 34 heavy (non-hydrogen) atoms. The molecule has 1 aliphatic heterocycles. The second kappa shape index (κ2) is 12.2. The molecule has 7 nitrogen and oxygen atoms in total. The van der Waals surface area contributed by atoms with Crippen molar-refractivity contribution >= 4 is 23.5 Å². The van der Waals surface area contributed by atoms with Crippen molar-refractivity contribution in [2.24, 2.45) is 0 Å². The van der Waals surface area contributed by atoms with E-state index >= 15 is 0 Å². The molecule has 1 unspecified atom stereocenters. The number of carbonyl (C=O) groups excluding carboxylic acids is 2. The molecule has 0 radical (unpaired) electrons. The van der Waals surface area contributed by atoms with Gasteiger partial charge in [-0.05, 0) is 67.3 Å². The minimum Gasteiger partial charge on any atom is -0.475 e. The molecule has 1 heterocycles. The zero-order valence-corrected chi connectivity index (χ0v) is 18.9. The van der Waals surface area contributed by atoms with Gasteiger partial charge in [0.1, 0.15) is 0 Å². The fourth-order valence-electron chi connectivity index (χ4n) is 3.17. The fourth-order valence-corrected chi connectivity index (χ4v) is 3.17. The lowest BCUT2D eigenvalue weighted by molar-refractivity contribution is -0.192. The molecule has 0 spiro atoms. The van der Waals surface area contributed by atoms with E-state index in [0.29, 0.717) is 17.0 Å². The number of hydrogen-bond acceptors (Lipinski definition) is 4. The van der Waals surface area contributed by atoms with E-state index in [4.69, 9.17) is 9.90 Å². The van der Waals surface area contributed by atoms with Crippen LogP contribution < -0.4 is 16.0 Å². The van der Waals surface area contributed by atoms with Crippen molar-refractivity contribution in [1.82, 2.24) is 10.6 Å². The number of carbonyl (C=O) groups is 3. The lowest BCUT2D eigenvalue weighted by atomic mass is 10.0. The highest BCUT2D eigenvalue weighted by molar-refractivity contribution is 6.05. The van der Waals surface area contributed by atoms with Crippen molar-refractivity contribution < 1.29 is 32.7 Å². The van der Waals surface area contributed by atoms with E-state index in [1.54, 1.807) is 24.3 Å². The Labute approximate surface area is 195 Å². The maximum atomic E-state index is 12.4. The van der Waals surface area contributed by atoms with Crippen molar-refractivity contribution in [1.29, 1.82) is 0 Å². The van der Waals surface area contributed by atoms with Crippen LogP contribution in [-0.2, 0) is 4.79 Å². The number of nitrogens with one attached hydrogen (secondary N) is 3. The first-order valence-corrected chi connectivity index (χ1v) is 10.8. The van der Waals surface area contributed by atoms with Gasteiger partial charge in [-0.1, -0.05) is 26.0 Å². The number of carboxylic acid groups (broad SMARTS) is 1. The molecule has 0 aliphatic carbocycles. The zero-order chi connectivity index (χ0) is 25.3. The van der Waals surface area contributed by atoms with E-state index in [1.165, 1.54) is 5.56 Å². The summed E-state index contributed by atoms with van der Waals surface area (Å²) in [6.07, 6.45) is -3.02. The zero-order valence-electron chi connectivity index (χ0n) is 18.9. The number of halogens is 3. The number of amides is 2. The molecule has 1 aliphatic rings. The van der Waals surface area contributed by atoms with Crippen LogP contribution in [0.4, 0.5) is 18.9 Å². The summed E-state index contributed by atoms with van der Waals surface area (Å²) in [7, 11) is 0. The van der Waals surface area contributed by atoms with Crippen LogP contribution in [-0.4, -0.2) is 48.2 Å². The Kier molecular flexibility index (Phi) is 9.61. The Morgan fingerprint density at radius 2 is 1.50 bits per heavy atom. The van der Waals surface area contributed by atoms with Gasteiger partial charge in [-0.15, -0.1) is 0 Å². The number of aliphatic carboxylic acids is 1. The highest BCUT2D eigenvalue weighted by Gasteiger charge is 2.38. The number of benzene rings is 2. The van der Waals surface area contributed by atoms with Gasteiger partial charge in [0.2, 0.25) is 0 Å². The van der Waals surface area contributed by atoms with Crippen LogP contribution in [0.5, 0.6) is 0 Å². The molecule has 0 saturated carbocycles. The second-order valence-corrected chi connectivity index (χ2v) is 8.13. The number of alkyl halides is 3. The predicted octanol–water partition coefficient (Wildman–Crippen LogP) is 4.18. The highest BCUT2D eigenvalue weighted by Crippen LogP contribution is 2.18. The summed E-state index contributed by atoms with van der Waals surface area (Å²) >= 11 is 0. The molecule has 4 N–H and O–H groups in total. The molecular weight excluding hydrogens is 451 g/mol. The number of hydrogen-bond donors (Lipinski definition) is 4. The smallest absolute Gasteiger partial charge is 0.475 e. The van der Waals surface area contributed by atoms with Gasteiger partial charge in [0.05, 0.1) is 0 Å². The molecule has 2 amide bonds. The standard InChI is InChI=1S/C22H27N3O2.C2HF3O2/c1-15(2)16-9-11-19(12-10-16)24-21(26)17-5-7-18(8-6-17)22(27)25-20-4-3-13-23-14-20;3-2(4,5)1(6)7/h5-12,15,20,23H,3-4,13-14H2,1-2H3,(H,24,26)(H,25,27);(H,6,7). The number of anilines is 1. The molecule has 3 rings (SSSR count). The summed E-state index contributed by atoms with van der Waals surface area (Å²) in [5.74, 6) is -2.58. The monoisotopic (exact) mass is 479 g/mol. The molecule has 184 valence electrons. The van der Waals surface area contributed by atoms with Gasteiger partial charge in [-0.3, -0.25) is 9.59 Å². The Bertz CT molecular complexity index is 968. The summed E-state index contributed by atoms with van der Waals surface area (Å²) in [6, 6.07) is 14.8. The van der Waals surface area contributed by atoms with Gasteiger partial charge in [-0.25, -0.2) is 4.79 Å². The van der Waals surface area contributed by atoms with Crippen molar-refractivity contribution in [3.63, 3.8) is 0 Å². The van der Waals surface area contributed by atoms with Crippen LogP contribution >= 0.6 is 0 Å². The summed E-state index contributed by atoms with van der Waals surface area (Å²) in [5, 5.41) is 16.3. The normalized spacial score (nSPS) is 15.6. The van der Waals surface area contributed by atoms with Gasteiger partial charge in [0, 0.05) is 29.4 Å². The van der Waals surface area contributed by atoms with Crippen molar-refractivity contribution in [3.05, 3.63) is 65.2 Å². The average molecular weight is 479 g/mol. The minimum atomic E-state index is -5.08. The van der Waals surface area contributed by atoms with Crippen LogP contribution in [0.3, 0.4) is 0 Å². The third-order valence-corrected chi connectivity index (χ3v) is 5.12. The molecule has 10 heteroatoms. The summed E-state index contributed by atoms with van der Waals surface area (Å²) in [6.45, 7) is 6.09. The van der Waals surface area contributed by atoms with E-state index in [9.17, 15) is 22.8 Å². The van der Waals surface area contributed by atoms with Crippen molar-refractivity contribution in [2.45, 2.75) is 44.8 Å². The first-order chi connectivity index (χ1) is 16.0. The Morgan fingerprint density at radius 3 is 1.94 bits per heavy atom. The first kappa shape index (κ1) is 26.8. The maximum absolute atomic E-state index is 12.4. The average Bonchev–Trinajstić information content (AvgIpc) is 2.80. The van der Waals surface area contributed by atoms with Crippen molar-refractivity contribution in [2.75, 3.05) is 18.4 Å². The molecular formula is C24H28F3N3O4. The van der Waals surface area contributed by atoms with Crippen LogP contribution in [0.2, 0.25) is 0 Å². The summed E-state index contributed by atoms with van der Waals surface area (Å²) < 4.78 is 31.7. The van der Waals surface area contributed by atoms with Gasteiger partial charge in [0.15, 0.2) is 0 Å². The Morgan fingerprint density at radius 1 is 0.971 bits per heavy atom. The van der Waals surface area contributed by atoms with E-state index < -0.39 is 12.1 Å². The molecule has 0 bridgehead atoms. The Balaban J connectivity index is 0.000000509. The number of carboxylic acids is 1. The van der Waals surface area contributed by atoms with Crippen LogP contribution in [0.15, 0.2) is 48.5 Å². The van der Waals surface area contributed by atoms with Gasteiger partial charge in [-0.2, -0.15) is 13.2 Å². The summed E-state index contributed by atoms with van der Waals surface area (Å²) in [5.41, 5.74) is 3.09. The molecule has 2 aromatic carbocycles. The largest absolute Gasteiger partial charge is 0.490 e. The molecule has 1 atom stereocenters. The fraction of sp³-hybridized carbons (Fsp3) is 0.375. The molecule has 0 aromatic heterocycles. The summed E-state index contributed by atoms with van der Waals surface area (Å²) in [4.78, 5) is 33.6.